The summed E-state index contributed by atoms with van der Waals surface area (Å²) in [6.07, 6.45) is 7.43. The van der Waals surface area contributed by atoms with Gasteiger partial charge in [0.1, 0.15) is 0 Å². The van der Waals surface area contributed by atoms with Crippen molar-refractivity contribution in [3.8, 4) is 0 Å². The van der Waals surface area contributed by atoms with Crippen LogP contribution < -0.4 is 5.32 Å². The summed E-state index contributed by atoms with van der Waals surface area (Å²) >= 11 is 1.78. The Morgan fingerprint density at radius 2 is 2.47 bits per heavy atom. The molecule has 0 spiro atoms. The smallest absolute Gasteiger partial charge is 0.00683 e. The predicted octanol–water partition coefficient (Wildman–Crippen LogP) is 3.38. The van der Waals surface area contributed by atoms with Crippen molar-refractivity contribution >= 4 is 11.3 Å². The van der Waals surface area contributed by atoms with Gasteiger partial charge in [-0.25, -0.2) is 0 Å². The van der Waals surface area contributed by atoms with Crippen molar-refractivity contribution in [3.05, 3.63) is 34.0 Å². The molecule has 0 aliphatic heterocycles. The highest BCUT2D eigenvalue weighted by atomic mass is 32.1. The Kier molecular flexibility index (Phi) is 3.98. The Balaban J connectivity index is 1.65. The van der Waals surface area contributed by atoms with Gasteiger partial charge in [0.2, 0.25) is 0 Å². The number of allylic oxidation sites excluding steroid dienone is 1. The molecule has 2 heteroatoms. The molecule has 0 radical (unpaired) electrons. The van der Waals surface area contributed by atoms with E-state index in [2.05, 4.69) is 35.1 Å². The van der Waals surface area contributed by atoms with E-state index in [0.29, 0.717) is 0 Å². The first-order valence-corrected chi connectivity index (χ1v) is 6.69. The van der Waals surface area contributed by atoms with Crippen molar-refractivity contribution in [1.82, 2.24) is 5.32 Å². The summed E-state index contributed by atoms with van der Waals surface area (Å²) in [5, 5.41) is 7.91. The minimum absolute atomic E-state index is 0.843. The molecule has 1 aliphatic rings. The number of rotatable bonds is 6. The summed E-state index contributed by atoms with van der Waals surface area (Å²) in [6, 6.07) is 3.06. The van der Waals surface area contributed by atoms with Crippen molar-refractivity contribution in [1.29, 1.82) is 0 Å². The van der Waals surface area contributed by atoms with Gasteiger partial charge in [0.15, 0.2) is 0 Å². The fourth-order valence-corrected chi connectivity index (χ4v) is 2.35. The second-order valence-electron chi connectivity index (χ2n) is 4.38. The van der Waals surface area contributed by atoms with Crippen molar-refractivity contribution in [3.63, 3.8) is 0 Å². The molecule has 1 saturated carbocycles. The molecule has 1 aliphatic carbocycles. The average molecular weight is 221 g/mol. The molecule has 1 aromatic rings. The molecule has 0 unspecified atom stereocenters. The Bertz CT molecular complexity index is 309. The number of nitrogens with one attached hydrogen (secondary N) is 1. The first kappa shape index (κ1) is 10.9. The fourth-order valence-electron chi connectivity index (χ4n) is 1.68. The zero-order valence-electron chi connectivity index (χ0n) is 9.33. The van der Waals surface area contributed by atoms with Gasteiger partial charge in [0, 0.05) is 6.04 Å². The molecule has 2 rings (SSSR count). The molecule has 0 amide bonds. The van der Waals surface area contributed by atoms with E-state index in [-0.39, 0.29) is 0 Å². The van der Waals surface area contributed by atoms with Crippen LogP contribution in [-0.2, 0) is 6.42 Å². The number of hydrogen-bond donors (Lipinski definition) is 1. The first-order chi connectivity index (χ1) is 7.34. The number of thiophene rings is 1. The van der Waals surface area contributed by atoms with Gasteiger partial charge in [-0.15, -0.1) is 0 Å². The molecule has 1 N–H and O–H groups in total. The van der Waals surface area contributed by atoms with E-state index in [9.17, 15) is 0 Å². The topological polar surface area (TPSA) is 12.0 Å². The van der Waals surface area contributed by atoms with E-state index in [1.165, 1.54) is 30.4 Å². The third-order valence-electron chi connectivity index (χ3n) is 2.71. The lowest BCUT2D eigenvalue weighted by molar-refractivity contribution is 0.688. The minimum Gasteiger partial charge on any atom is -0.314 e. The lowest BCUT2D eigenvalue weighted by Gasteiger charge is -2.01. The summed E-state index contributed by atoms with van der Waals surface area (Å²) in [6.45, 7) is 3.38. The molecule has 1 fully saturated rings. The maximum absolute atomic E-state index is 3.53. The second kappa shape index (κ2) is 5.47. The quantitative estimate of drug-likeness (QED) is 0.573. The Hall–Kier alpha value is -0.600. The molecule has 1 heterocycles. The standard InChI is InChI=1S/C13H19NS/c1-11(9-12-6-8-15-10-12)3-2-7-14-13-4-5-13/h3,6,8,10,13-14H,2,4-5,7,9H2,1H3. The third kappa shape index (κ3) is 4.18. The normalized spacial score (nSPS) is 17.0. The zero-order valence-corrected chi connectivity index (χ0v) is 10.1. The largest absolute Gasteiger partial charge is 0.314 e. The molecular weight excluding hydrogens is 202 g/mol. The second-order valence-corrected chi connectivity index (χ2v) is 5.16. The van der Waals surface area contributed by atoms with Gasteiger partial charge in [0.05, 0.1) is 0 Å². The Morgan fingerprint density at radius 3 is 3.13 bits per heavy atom. The van der Waals surface area contributed by atoms with Gasteiger partial charge in [0.25, 0.3) is 0 Å². The number of hydrogen-bond acceptors (Lipinski definition) is 2. The first-order valence-electron chi connectivity index (χ1n) is 5.74. The molecule has 0 atom stereocenters. The summed E-state index contributed by atoms with van der Waals surface area (Å²) in [4.78, 5) is 0. The highest BCUT2D eigenvalue weighted by Gasteiger charge is 2.19. The fraction of sp³-hybridized carbons (Fsp3) is 0.538. The van der Waals surface area contributed by atoms with Gasteiger partial charge in [-0.05, 0) is 61.5 Å². The van der Waals surface area contributed by atoms with Crippen LogP contribution in [0.4, 0.5) is 0 Å². The lowest BCUT2D eigenvalue weighted by atomic mass is 10.1. The van der Waals surface area contributed by atoms with E-state index in [1.807, 2.05) is 0 Å². The summed E-state index contributed by atoms with van der Waals surface area (Å²) in [7, 11) is 0. The van der Waals surface area contributed by atoms with E-state index in [1.54, 1.807) is 11.3 Å². The minimum atomic E-state index is 0.843. The van der Waals surface area contributed by atoms with Crippen LogP contribution in [0, 0.1) is 0 Å². The van der Waals surface area contributed by atoms with Crippen LogP contribution in [0.5, 0.6) is 0 Å². The SMILES string of the molecule is CC(=CCCNC1CC1)Cc1ccsc1. The van der Waals surface area contributed by atoms with Crippen molar-refractivity contribution in [2.45, 2.75) is 38.6 Å². The van der Waals surface area contributed by atoms with Crippen LogP contribution in [0.25, 0.3) is 0 Å². The maximum atomic E-state index is 3.53. The average Bonchev–Trinajstić information content (AvgIpc) is 2.91. The van der Waals surface area contributed by atoms with Gasteiger partial charge < -0.3 is 5.32 Å². The van der Waals surface area contributed by atoms with E-state index in [0.717, 1.165) is 19.0 Å². The van der Waals surface area contributed by atoms with Crippen LogP contribution in [0.2, 0.25) is 0 Å². The summed E-state index contributed by atoms with van der Waals surface area (Å²) < 4.78 is 0. The molecule has 82 valence electrons. The van der Waals surface area contributed by atoms with Crippen LogP contribution >= 0.6 is 11.3 Å². The van der Waals surface area contributed by atoms with E-state index in [4.69, 9.17) is 0 Å². The Labute approximate surface area is 96.2 Å². The zero-order chi connectivity index (χ0) is 10.5. The van der Waals surface area contributed by atoms with Gasteiger partial charge in [-0.1, -0.05) is 11.6 Å². The highest BCUT2D eigenvalue weighted by Crippen LogP contribution is 2.18. The van der Waals surface area contributed by atoms with Crippen molar-refractivity contribution < 1.29 is 0 Å². The third-order valence-corrected chi connectivity index (χ3v) is 3.44. The van der Waals surface area contributed by atoms with E-state index < -0.39 is 0 Å². The lowest BCUT2D eigenvalue weighted by Crippen LogP contribution is -2.16. The van der Waals surface area contributed by atoms with Gasteiger partial charge in [-0.3, -0.25) is 0 Å². The molecule has 0 saturated heterocycles. The monoisotopic (exact) mass is 221 g/mol. The molecule has 0 aromatic carbocycles. The molecule has 0 bridgehead atoms. The summed E-state index contributed by atoms with van der Waals surface area (Å²) in [5.74, 6) is 0. The molecular formula is C13H19NS. The van der Waals surface area contributed by atoms with Crippen LogP contribution in [0.15, 0.2) is 28.5 Å². The highest BCUT2D eigenvalue weighted by molar-refractivity contribution is 7.07. The van der Waals surface area contributed by atoms with Crippen LogP contribution in [0.1, 0.15) is 31.7 Å². The van der Waals surface area contributed by atoms with Crippen LogP contribution in [0.3, 0.4) is 0 Å². The Morgan fingerprint density at radius 1 is 1.60 bits per heavy atom. The molecule has 15 heavy (non-hydrogen) atoms. The molecule has 1 aromatic heterocycles. The van der Waals surface area contributed by atoms with Crippen LogP contribution in [-0.4, -0.2) is 12.6 Å². The van der Waals surface area contributed by atoms with Crippen molar-refractivity contribution in [2.75, 3.05) is 6.54 Å². The van der Waals surface area contributed by atoms with E-state index >= 15 is 0 Å². The predicted molar refractivity (Wildman–Crippen MR) is 67.4 cm³/mol. The summed E-state index contributed by atoms with van der Waals surface area (Å²) in [5.41, 5.74) is 2.94. The maximum Gasteiger partial charge on any atom is 0.00683 e. The van der Waals surface area contributed by atoms with Crippen molar-refractivity contribution in [2.24, 2.45) is 0 Å². The molecule has 1 nitrogen and oxygen atoms in total. The van der Waals surface area contributed by atoms with Gasteiger partial charge >= 0.3 is 0 Å². The van der Waals surface area contributed by atoms with Gasteiger partial charge in [-0.2, -0.15) is 11.3 Å².